The number of hydrogen-bond acceptors (Lipinski definition) is 3. The Bertz CT molecular complexity index is 568. The maximum Gasteiger partial charge on any atom is 0.409 e. The van der Waals surface area contributed by atoms with Gasteiger partial charge in [0.25, 0.3) is 5.91 Å². The van der Waals surface area contributed by atoms with Gasteiger partial charge in [0.2, 0.25) is 0 Å². The van der Waals surface area contributed by atoms with Crippen LogP contribution in [0.4, 0.5) is 4.79 Å². The van der Waals surface area contributed by atoms with Gasteiger partial charge in [0.1, 0.15) is 0 Å². The van der Waals surface area contributed by atoms with E-state index in [0.29, 0.717) is 39.2 Å². The van der Waals surface area contributed by atoms with Crippen molar-refractivity contribution < 1.29 is 14.3 Å². The fourth-order valence-electron chi connectivity index (χ4n) is 2.82. The van der Waals surface area contributed by atoms with Crippen molar-refractivity contribution in [1.29, 1.82) is 0 Å². The van der Waals surface area contributed by atoms with E-state index in [0.717, 1.165) is 23.1 Å². The van der Waals surface area contributed by atoms with E-state index in [1.165, 1.54) is 0 Å². The van der Waals surface area contributed by atoms with Crippen molar-refractivity contribution in [3.8, 4) is 0 Å². The number of hydrogen-bond donors (Lipinski definition) is 0. The van der Waals surface area contributed by atoms with Gasteiger partial charge in [-0.2, -0.15) is 0 Å². The third-order valence-corrected chi connectivity index (χ3v) is 4.39. The summed E-state index contributed by atoms with van der Waals surface area (Å²) >= 11 is 0. The summed E-state index contributed by atoms with van der Waals surface area (Å²) in [4.78, 5) is 28.4. The average Bonchev–Trinajstić information content (AvgIpc) is 2.62. The maximum atomic E-state index is 12.8. The van der Waals surface area contributed by atoms with Crippen molar-refractivity contribution in [3.05, 3.63) is 34.9 Å². The first-order valence-electron chi connectivity index (χ1n) is 9.29. The Morgan fingerprint density at radius 2 is 1.64 bits per heavy atom. The number of amides is 2. The van der Waals surface area contributed by atoms with Gasteiger partial charge in [-0.1, -0.05) is 19.1 Å². The topological polar surface area (TPSA) is 49.9 Å². The second-order valence-electron chi connectivity index (χ2n) is 6.02. The Morgan fingerprint density at radius 3 is 2.20 bits per heavy atom. The standard InChI is InChI=1S/C20H32N2O3/c1-6-15-25-20(24)22(9-4)14-13-17-16(5)11-10-12-18(17)19(23)21(7-2)8-3/h10-12H,6-9,13-15H2,1-5H3. The number of nitrogens with zero attached hydrogens (tertiary/aromatic N) is 2. The quantitative estimate of drug-likeness (QED) is 0.680. The second-order valence-corrected chi connectivity index (χ2v) is 6.02. The number of carbonyl (C=O) groups is 2. The minimum Gasteiger partial charge on any atom is -0.449 e. The highest BCUT2D eigenvalue weighted by Crippen LogP contribution is 2.18. The smallest absolute Gasteiger partial charge is 0.409 e. The van der Waals surface area contributed by atoms with Gasteiger partial charge < -0.3 is 14.5 Å². The summed E-state index contributed by atoms with van der Waals surface area (Å²) in [7, 11) is 0. The average molecular weight is 348 g/mol. The molecular formula is C20H32N2O3. The molecule has 0 N–H and O–H groups in total. The Balaban J connectivity index is 2.94. The molecule has 0 aliphatic heterocycles. The molecule has 1 aromatic carbocycles. The largest absolute Gasteiger partial charge is 0.449 e. The number of rotatable bonds is 9. The normalized spacial score (nSPS) is 10.4. The zero-order chi connectivity index (χ0) is 18.8. The highest BCUT2D eigenvalue weighted by Gasteiger charge is 2.19. The molecule has 25 heavy (non-hydrogen) atoms. The molecule has 0 saturated heterocycles. The number of ether oxygens (including phenoxy) is 1. The lowest BCUT2D eigenvalue weighted by Crippen LogP contribution is -2.34. The summed E-state index contributed by atoms with van der Waals surface area (Å²) in [5.74, 6) is 0.0558. The predicted molar refractivity (Wildman–Crippen MR) is 101 cm³/mol. The Morgan fingerprint density at radius 1 is 1.00 bits per heavy atom. The molecule has 5 nitrogen and oxygen atoms in total. The maximum absolute atomic E-state index is 12.8. The van der Waals surface area contributed by atoms with Crippen molar-refractivity contribution >= 4 is 12.0 Å². The highest BCUT2D eigenvalue weighted by molar-refractivity contribution is 5.96. The molecule has 5 heteroatoms. The Kier molecular flexibility index (Phi) is 9.03. The van der Waals surface area contributed by atoms with Crippen LogP contribution >= 0.6 is 0 Å². The zero-order valence-corrected chi connectivity index (χ0v) is 16.3. The van der Waals surface area contributed by atoms with E-state index in [1.807, 2.05) is 57.7 Å². The van der Waals surface area contributed by atoms with Gasteiger partial charge in [-0.15, -0.1) is 0 Å². The Hall–Kier alpha value is -2.04. The fraction of sp³-hybridized carbons (Fsp3) is 0.600. The van der Waals surface area contributed by atoms with E-state index in [4.69, 9.17) is 4.74 Å². The van der Waals surface area contributed by atoms with Gasteiger partial charge in [0.15, 0.2) is 0 Å². The molecule has 0 atom stereocenters. The molecule has 2 amide bonds. The van der Waals surface area contributed by atoms with Crippen LogP contribution in [0.25, 0.3) is 0 Å². The lowest BCUT2D eigenvalue weighted by molar-refractivity contribution is 0.0771. The van der Waals surface area contributed by atoms with Crippen LogP contribution in [-0.4, -0.2) is 54.6 Å². The lowest BCUT2D eigenvalue weighted by Gasteiger charge is -2.24. The number of aryl methyl sites for hydroxylation is 1. The first kappa shape index (κ1) is 21.0. The summed E-state index contributed by atoms with van der Waals surface area (Å²) in [5.41, 5.74) is 2.83. The molecule has 0 spiro atoms. The summed E-state index contributed by atoms with van der Waals surface area (Å²) in [6, 6.07) is 5.82. The fourth-order valence-corrected chi connectivity index (χ4v) is 2.82. The van der Waals surface area contributed by atoms with Crippen LogP contribution in [0.15, 0.2) is 18.2 Å². The summed E-state index contributed by atoms with van der Waals surface area (Å²) in [6.07, 6.45) is 1.17. The van der Waals surface area contributed by atoms with Crippen LogP contribution in [0.5, 0.6) is 0 Å². The van der Waals surface area contributed by atoms with E-state index in [1.54, 1.807) is 4.90 Å². The molecule has 0 aliphatic carbocycles. The monoisotopic (exact) mass is 348 g/mol. The third kappa shape index (κ3) is 5.76. The van der Waals surface area contributed by atoms with Crippen LogP contribution in [0, 0.1) is 6.92 Å². The molecule has 1 rings (SSSR count). The molecule has 0 saturated carbocycles. The van der Waals surface area contributed by atoms with Crippen molar-refractivity contribution in [2.45, 2.75) is 47.5 Å². The van der Waals surface area contributed by atoms with E-state index in [-0.39, 0.29) is 12.0 Å². The van der Waals surface area contributed by atoms with Crippen LogP contribution in [-0.2, 0) is 11.2 Å². The van der Waals surface area contributed by atoms with E-state index < -0.39 is 0 Å². The zero-order valence-electron chi connectivity index (χ0n) is 16.3. The minimum atomic E-state index is -0.283. The van der Waals surface area contributed by atoms with Crippen LogP contribution in [0.3, 0.4) is 0 Å². The molecular weight excluding hydrogens is 316 g/mol. The number of carbonyl (C=O) groups excluding carboxylic acids is 2. The van der Waals surface area contributed by atoms with Gasteiger partial charge in [-0.05, 0) is 57.7 Å². The number of likely N-dealkylation sites (N-methyl/N-ethyl adjacent to an activating group) is 1. The molecule has 0 bridgehead atoms. The lowest BCUT2D eigenvalue weighted by atomic mass is 9.97. The summed E-state index contributed by atoms with van der Waals surface area (Å²) in [6.45, 7) is 12.8. The first-order valence-corrected chi connectivity index (χ1v) is 9.29. The molecule has 0 radical (unpaired) electrons. The predicted octanol–water partition coefficient (Wildman–Crippen LogP) is 3.89. The first-order chi connectivity index (χ1) is 12.0. The van der Waals surface area contributed by atoms with Crippen molar-refractivity contribution in [2.24, 2.45) is 0 Å². The van der Waals surface area contributed by atoms with Gasteiger partial charge in [0.05, 0.1) is 6.61 Å². The van der Waals surface area contributed by atoms with Crippen molar-refractivity contribution in [3.63, 3.8) is 0 Å². The second kappa shape index (κ2) is 10.7. The molecule has 0 fully saturated rings. The van der Waals surface area contributed by atoms with Gasteiger partial charge >= 0.3 is 6.09 Å². The highest BCUT2D eigenvalue weighted by atomic mass is 16.6. The molecule has 0 aromatic heterocycles. The number of benzene rings is 1. The summed E-state index contributed by atoms with van der Waals surface area (Å²) < 4.78 is 5.23. The molecule has 0 aliphatic rings. The van der Waals surface area contributed by atoms with E-state index >= 15 is 0 Å². The Labute approximate surface area is 151 Å². The van der Waals surface area contributed by atoms with Crippen LogP contribution in [0.2, 0.25) is 0 Å². The van der Waals surface area contributed by atoms with Gasteiger partial charge in [-0.3, -0.25) is 4.79 Å². The molecule has 0 heterocycles. The van der Waals surface area contributed by atoms with E-state index in [9.17, 15) is 9.59 Å². The van der Waals surface area contributed by atoms with Gasteiger partial charge in [-0.25, -0.2) is 4.79 Å². The minimum absolute atomic E-state index is 0.0558. The van der Waals surface area contributed by atoms with Crippen LogP contribution in [0.1, 0.15) is 55.6 Å². The van der Waals surface area contributed by atoms with E-state index in [2.05, 4.69) is 0 Å². The molecule has 0 unspecified atom stereocenters. The molecule has 1 aromatic rings. The summed E-state index contributed by atoms with van der Waals surface area (Å²) in [5, 5.41) is 0. The molecule has 140 valence electrons. The van der Waals surface area contributed by atoms with Crippen molar-refractivity contribution in [2.75, 3.05) is 32.8 Å². The van der Waals surface area contributed by atoms with Crippen LogP contribution < -0.4 is 0 Å². The third-order valence-electron chi connectivity index (χ3n) is 4.39. The van der Waals surface area contributed by atoms with Crippen molar-refractivity contribution in [1.82, 2.24) is 9.80 Å². The SMILES string of the molecule is CCCOC(=O)N(CC)CCc1c(C)cccc1C(=O)N(CC)CC. The van der Waals surface area contributed by atoms with Gasteiger partial charge in [0, 0.05) is 31.7 Å².